The van der Waals surface area contributed by atoms with Crippen LogP contribution in [0.25, 0.3) is 22.5 Å². The number of rotatable bonds is 10. The Morgan fingerprint density at radius 1 is 1.00 bits per heavy atom. The highest BCUT2D eigenvalue weighted by atomic mass is 28.3. The fourth-order valence-electron chi connectivity index (χ4n) is 4.91. The maximum Gasteiger partial charge on any atom is 0.453 e. The van der Waals surface area contributed by atoms with E-state index in [2.05, 4.69) is 29.7 Å². The molecule has 0 spiro atoms. The third kappa shape index (κ3) is 8.00. The highest BCUT2D eigenvalue weighted by Crippen LogP contribution is 2.37. The van der Waals surface area contributed by atoms with Gasteiger partial charge in [0.05, 0.1) is 7.11 Å². The Balaban J connectivity index is 1.43. The number of ether oxygens (including phenoxy) is 2. The van der Waals surface area contributed by atoms with E-state index in [0.717, 1.165) is 48.5 Å². The number of hydrogen-bond donors (Lipinski definition) is 0. The van der Waals surface area contributed by atoms with Crippen LogP contribution in [0.15, 0.2) is 42.6 Å². The second-order valence-electron chi connectivity index (χ2n) is 11.7. The maximum absolute atomic E-state index is 13.4. The normalized spacial score (nSPS) is 18.1. The maximum atomic E-state index is 13.4. The van der Waals surface area contributed by atoms with Gasteiger partial charge in [-0.2, -0.15) is 13.2 Å². The van der Waals surface area contributed by atoms with E-state index in [1.807, 2.05) is 30.5 Å². The molecule has 216 valence electrons. The summed E-state index contributed by atoms with van der Waals surface area (Å²) in [5, 5.41) is 3.68. The predicted octanol–water partition coefficient (Wildman–Crippen LogP) is 7.18. The summed E-state index contributed by atoms with van der Waals surface area (Å²) in [5.41, 5.74) is 3.38. The number of pyridine rings is 1. The fourth-order valence-corrected chi connectivity index (χ4v) is 5.66. The molecule has 0 radical (unpaired) electrons. The zero-order valence-corrected chi connectivity index (χ0v) is 24.5. The first-order valence-electron chi connectivity index (χ1n) is 13.7. The zero-order valence-electron chi connectivity index (χ0n) is 23.5. The third-order valence-corrected chi connectivity index (χ3v) is 9.05. The molecule has 0 saturated heterocycles. The smallest absolute Gasteiger partial charge is 0.453 e. The average molecular weight is 575 g/mol. The van der Waals surface area contributed by atoms with Crippen LogP contribution in [-0.4, -0.2) is 47.5 Å². The summed E-state index contributed by atoms with van der Waals surface area (Å²) >= 11 is 0. The summed E-state index contributed by atoms with van der Waals surface area (Å²) in [6.07, 6.45) is 1.61. The fraction of sp³-hybridized carbons (Fsp3) is 0.517. The van der Waals surface area contributed by atoms with Crippen molar-refractivity contribution in [1.29, 1.82) is 0 Å². The van der Waals surface area contributed by atoms with Crippen LogP contribution in [0.5, 0.6) is 0 Å². The largest absolute Gasteiger partial charge is 0.469 e. The first kappa shape index (κ1) is 29.9. The summed E-state index contributed by atoms with van der Waals surface area (Å²) in [6.45, 7) is 7.00. The number of carbonyl (C=O) groups excluding carboxylic acids is 1. The average Bonchev–Trinajstić information content (AvgIpc) is 3.36. The van der Waals surface area contributed by atoms with Gasteiger partial charge in [0, 0.05) is 50.0 Å². The number of esters is 1. The van der Waals surface area contributed by atoms with Gasteiger partial charge in [0.1, 0.15) is 6.73 Å². The van der Waals surface area contributed by atoms with Crippen molar-refractivity contribution in [3.05, 3.63) is 54.1 Å². The lowest BCUT2D eigenvalue weighted by Crippen LogP contribution is -2.22. The number of nitrogens with zero attached hydrogens (tertiary/aromatic N) is 4. The lowest BCUT2D eigenvalue weighted by molar-refractivity contribution is -0.145. The van der Waals surface area contributed by atoms with Crippen LogP contribution in [-0.2, 0) is 27.2 Å². The van der Waals surface area contributed by atoms with Crippen molar-refractivity contribution in [2.24, 2.45) is 5.92 Å². The van der Waals surface area contributed by atoms with Crippen LogP contribution in [0, 0.1) is 5.92 Å². The van der Waals surface area contributed by atoms with Crippen LogP contribution in [0.3, 0.4) is 0 Å². The molecule has 0 amide bonds. The Kier molecular flexibility index (Phi) is 9.45. The van der Waals surface area contributed by atoms with E-state index in [1.165, 1.54) is 11.8 Å². The minimum absolute atomic E-state index is 0.0966. The van der Waals surface area contributed by atoms with Crippen molar-refractivity contribution in [2.75, 3.05) is 13.7 Å². The number of carbonyl (C=O) groups is 1. The van der Waals surface area contributed by atoms with Crippen molar-refractivity contribution < 1.29 is 27.4 Å². The minimum Gasteiger partial charge on any atom is -0.469 e. The van der Waals surface area contributed by atoms with Gasteiger partial charge in [-0.25, -0.2) is 9.67 Å². The first-order valence-corrected chi connectivity index (χ1v) is 17.4. The van der Waals surface area contributed by atoms with Crippen molar-refractivity contribution in [1.82, 2.24) is 19.7 Å². The zero-order chi connectivity index (χ0) is 28.9. The number of benzene rings is 1. The molecule has 0 atom stereocenters. The lowest BCUT2D eigenvalue weighted by atomic mass is 9.79. The number of halogens is 3. The summed E-state index contributed by atoms with van der Waals surface area (Å²) < 4.78 is 51.8. The first-order chi connectivity index (χ1) is 18.9. The molecule has 0 N–H and O–H groups in total. The van der Waals surface area contributed by atoms with E-state index in [-0.39, 0.29) is 18.5 Å². The van der Waals surface area contributed by atoms with E-state index < -0.39 is 20.1 Å². The van der Waals surface area contributed by atoms with E-state index in [9.17, 15) is 18.0 Å². The molecule has 1 aliphatic carbocycles. The Morgan fingerprint density at radius 3 is 2.23 bits per heavy atom. The van der Waals surface area contributed by atoms with Gasteiger partial charge in [-0.3, -0.25) is 9.78 Å². The van der Waals surface area contributed by atoms with E-state index in [0.29, 0.717) is 30.4 Å². The molecule has 0 bridgehead atoms. The SMILES string of the molecule is COC(=O)CC1CCC(c2ccc(-c3ccc(-c4nc(C(F)(F)F)nn4COCC[Si](C)(C)C)cc3)cn2)CC1. The van der Waals surface area contributed by atoms with Gasteiger partial charge in [0.15, 0.2) is 5.82 Å². The molecule has 2 aromatic heterocycles. The molecule has 2 heterocycles. The summed E-state index contributed by atoms with van der Waals surface area (Å²) in [7, 11) is 0.0949. The molecule has 3 aromatic rings. The standard InChI is InChI=1S/C29H37F3N4O3Si/c1-38-26(37)17-20-5-7-22(8-6-20)25-14-13-24(18-33-25)21-9-11-23(12-10-21)27-34-28(29(30,31)32)35-36(27)19-39-15-16-40(2,3)4/h9-14,18,20,22H,5-8,15-17,19H2,1-4H3. The molecule has 11 heteroatoms. The van der Waals surface area contributed by atoms with Crippen LogP contribution < -0.4 is 0 Å². The van der Waals surface area contributed by atoms with Crippen molar-refractivity contribution >= 4 is 14.0 Å². The second kappa shape index (κ2) is 12.6. The summed E-state index contributed by atoms with van der Waals surface area (Å²) in [4.78, 5) is 20.1. The van der Waals surface area contributed by atoms with E-state index in [4.69, 9.17) is 14.5 Å². The number of hydrogen-bond acceptors (Lipinski definition) is 6. The lowest BCUT2D eigenvalue weighted by Gasteiger charge is -2.27. The highest BCUT2D eigenvalue weighted by molar-refractivity contribution is 6.76. The summed E-state index contributed by atoms with van der Waals surface area (Å²) in [6, 6.07) is 12.2. The van der Waals surface area contributed by atoms with Gasteiger partial charge in [-0.05, 0) is 49.3 Å². The van der Waals surface area contributed by atoms with Crippen LogP contribution in [0.4, 0.5) is 13.2 Å². The molecule has 0 unspecified atom stereocenters. The Morgan fingerprint density at radius 2 is 1.65 bits per heavy atom. The molecule has 1 aromatic carbocycles. The van der Waals surface area contributed by atoms with Gasteiger partial charge in [0.2, 0.25) is 0 Å². The van der Waals surface area contributed by atoms with E-state index in [1.54, 1.807) is 12.1 Å². The van der Waals surface area contributed by atoms with Crippen molar-refractivity contribution in [3.63, 3.8) is 0 Å². The molecule has 0 aliphatic heterocycles. The van der Waals surface area contributed by atoms with Crippen LogP contribution >= 0.6 is 0 Å². The number of alkyl halides is 3. The van der Waals surface area contributed by atoms with Crippen LogP contribution in [0.2, 0.25) is 25.7 Å². The van der Waals surface area contributed by atoms with Crippen molar-refractivity contribution in [2.45, 2.75) is 76.6 Å². The number of aromatic nitrogens is 4. The molecular weight excluding hydrogens is 537 g/mol. The van der Waals surface area contributed by atoms with Gasteiger partial charge >= 0.3 is 12.1 Å². The molecular formula is C29H37F3N4O3Si. The Bertz CT molecular complexity index is 1260. The third-order valence-electron chi connectivity index (χ3n) is 7.35. The molecule has 7 nitrogen and oxygen atoms in total. The summed E-state index contributed by atoms with van der Waals surface area (Å²) in [5.74, 6) is -0.477. The molecule has 4 rings (SSSR count). The molecule has 1 fully saturated rings. The Hall–Kier alpha value is -3.05. The van der Waals surface area contributed by atoms with Crippen LogP contribution in [0.1, 0.15) is 49.5 Å². The second-order valence-corrected chi connectivity index (χ2v) is 17.3. The topological polar surface area (TPSA) is 79.1 Å². The molecule has 40 heavy (non-hydrogen) atoms. The van der Waals surface area contributed by atoms with Gasteiger partial charge in [-0.1, -0.05) is 50.0 Å². The van der Waals surface area contributed by atoms with Crippen molar-refractivity contribution in [3.8, 4) is 22.5 Å². The van der Waals surface area contributed by atoms with Gasteiger partial charge in [0.25, 0.3) is 5.82 Å². The highest BCUT2D eigenvalue weighted by Gasteiger charge is 2.37. The van der Waals surface area contributed by atoms with E-state index >= 15 is 0 Å². The predicted molar refractivity (Wildman–Crippen MR) is 149 cm³/mol. The Labute approximate surface area is 234 Å². The minimum atomic E-state index is -4.65. The monoisotopic (exact) mass is 574 g/mol. The van der Waals surface area contributed by atoms with Gasteiger partial charge in [-0.15, -0.1) is 5.10 Å². The number of methoxy groups -OCH3 is 1. The van der Waals surface area contributed by atoms with Gasteiger partial charge < -0.3 is 9.47 Å². The quantitative estimate of drug-likeness (QED) is 0.145. The molecule has 1 saturated carbocycles. The molecule has 1 aliphatic rings.